The molecule has 0 saturated heterocycles. The maximum absolute atomic E-state index is 2.35. The molecule has 0 spiro atoms. The van der Waals surface area contributed by atoms with Crippen LogP contribution in [0.4, 0.5) is 0 Å². The zero-order valence-corrected chi connectivity index (χ0v) is 21.4. The van der Waals surface area contributed by atoms with E-state index in [1.807, 2.05) is 0 Å². The van der Waals surface area contributed by atoms with Gasteiger partial charge in [0.1, 0.15) is 0 Å². The molecule has 2 aliphatic rings. The molecule has 0 unspecified atom stereocenters. The van der Waals surface area contributed by atoms with Gasteiger partial charge in [-0.3, -0.25) is 0 Å². The van der Waals surface area contributed by atoms with Gasteiger partial charge < -0.3 is 24.8 Å². The molecular weight excluding hydrogens is 474 g/mol. The van der Waals surface area contributed by atoms with Crippen molar-refractivity contribution in [1.29, 1.82) is 0 Å². The summed E-state index contributed by atoms with van der Waals surface area (Å²) in [6.07, 6.45) is 2.25. The average Bonchev–Trinajstić information content (AvgIpc) is 3.15. The first-order valence-corrected chi connectivity index (χ1v) is 12.2. The van der Waals surface area contributed by atoms with Crippen molar-refractivity contribution in [3.63, 3.8) is 0 Å². The third-order valence-corrected chi connectivity index (χ3v) is 10.6. The zero-order valence-electron chi connectivity index (χ0n) is 17.4. The summed E-state index contributed by atoms with van der Waals surface area (Å²) in [7, 11) is 0. The van der Waals surface area contributed by atoms with E-state index in [0.717, 1.165) is 12.8 Å². The summed E-state index contributed by atoms with van der Waals surface area (Å²) in [6.45, 7) is 9.34. The molecule has 0 aliphatic heterocycles. The smallest absolute Gasteiger partial charge is 1.00 e. The van der Waals surface area contributed by atoms with Crippen molar-refractivity contribution in [2.24, 2.45) is 0 Å². The van der Waals surface area contributed by atoms with E-state index in [1.54, 1.807) is 40.0 Å². The SMILES string of the molecule is CC1=C(C)[C]([Zr+2][C]2=C(c3ccccc3)CC(C)=C2C)=C(c2ccccc2)C1.[Cl-].[Cl-]. The normalized spacial score (nSPS) is 16.1. The van der Waals surface area contributed by atoms with Crippen molar-refractivity contribution in [2.45, 2.75) is 40.5 Å². The number of allylic oxidation sites excluding steroid dienone is 8. The van der Waals surface area contributed by atoms with Crippen molar-refractivity contribution < 1.29 is 48.0 Å². The molecule has 0 amide bonds. The molecule has 0 saturated carbocycles. The summed E-state index contributed by atoms with van der Waals surface area (Å²) in [5.41, 5.74) is 12.3. The van der Waals surface area contributed by atoms with Crippen LogP contribution in [0, 0.1) is 0 Å². The monoisotopic (exact) mass is 498 g/mol. The van der Waals surface area contributed by atoms with Crippen LogP contribution in [0.5, 0.6) is 0 Å². The Hall–Kier alpha value is -1.14. The van der Waals surface area contributed by atoms with Crippen LogP contribution in [0.15, 0.2) is 89.5 Å². The third kappa shape index (κ3) is 4.79. The maximum atomic E-state index is 2.35. The predicted octanol–water partition coefficient (Wildman–Crippen LogP) is 1.38. The first kappa shape index (κ1) is 24.1. The summed E-state index contributed by atoms with van der Waals surface area (Å²) < 4.78 is 3.42. The number of benzene rings is 2. The number of halogens is 2. The fourth-order valence-corrected chi connectivity index (χ4v) is 8.56. The van der Waals surface area contributed by atoms with Gasteiger partial charge in [0.2, 0.25) is 0 Å². The van der Waals surface area contributed by atoms with Gasteiger partial charge in [-0.15, -0.1) is 0 Å². The average molecular weight is 501 g/mol. The Balaban J connectivity index is 0.00000150. The molecule has 148 valence electrons. The standard InChI is InChI=1S/2C13H13.2ClH.Zr/c2*1-10-8-13(9-11(10)2)12-6-4-3-5-7-12;;;/h2*3-7H,8H2,1-2H3;2*1H;/q;;;;+2/p-2. The quantitative estimate of drug-likeness (QED) is 0.595. The van der Waals surface area contributed by atoms with Gasteiger partial charge in [-0.25, -0.2) is 0 Å². The Labute approximate surface area is 199 Å². The first-order valence-electron chi connectivity index (χ1n) is 9.74. The molecule has 0 heterocycles. The summed E-state index contributed by atoms with van der Waals surface area (Å²) in [5.74, 6) is 0. The molecule has 0 nitrogen and oxygen atoms in total. The van der Waals surface area contributed by atoms with Gasteiger partial charge >= 0.3 is 176 Å². The van der Waals surface area contributed by atoms with Gasteiger partial charge in [0, 0.05) is 0 Å². The topological polar surface area (TPSA) is 0 Å². The van der Waals surface area contributed by atoms with Crippen molar-refractivity contribution in [3.8, 4) is 0 Å². The van der Waals surface area contributed by atoms with Crippen molar-refractivity contribution >= 4 is 11.1 Å². The van der Waals surface area contributed by atoms with Crippen molar-refractivity contribution in [2.75, 3.05) is 0 Å². The van der Waals surface area contributed by atoms with Crippen LogP contribution in [-0.2, 0) is 23.2 Å². The fraction of sp³-hybridized carbons (Fsp3) is 0.231. The number of rotatable bonds is 4. The van der Waals surface area contributed by atoms with E-state index in [2.05, 4.69) is 88.4 Å². The summed E-state index contributed by atoms with van der Waals surface area (Å²) in [4.78, 5) is 0. The molecule has 0 aromatic heterocycles. The van der Waals surface area contributed by atoms with Gasteiger partial charge in [-0.05, 0) is 0 Å². The van der Waals surface area contributed by atoms with Crippen LogP contribution in [0.3, 0.4) is 0 Å². The fourth-order valence-electron chi connectivity index (χ4n) is 4.09. The predicted molar refractivity (Wildman–Crippen MR) is 113 cm³/mol. The second kappa shape index (κ2) is 10.3. The molecule has 0 N–H and O–H groups in total. The van der Waals surface area contributed by atoms with Crippen molar-refractivity contribution in [1.82, 2.24) is 0 Å². The van der Waals surface area contributed by atoms with E-state index < -0.39 is 23.2 Å². The Morgan fingerprint density at radius 3 is 1.24 bits per heavy atom. The van der Waals surface area contributed by atoms with E-state index in [0.29, 0.717) is 0 Å². The molecule has 3 heteroatoms. The van der Waals surface area contributed by atoms with Gasteiger partial charge in [0.15, 0.2) is 0 Å². The Morgan fingerprint density at radius 2 is 0.897 bits per heavy atom. The minimum Gasteiger partial charge on any atom is -1.00 e. The van der Waals surface area contributed by atoms with E-state index in [4.69, 9.17) is 0 Å². The van der Waals surface area contributed by atoms with Crippen LogP contribution in [0.2, 0.25) is 0 Å². The molecule has 4 rings (SSSR count). The number of hydrogen-bond donors (Lipinski definition) is 0. The molecule has 2 aliphatic carbocycles. The van der Waals surface area contributed by atoms with E-state index >= 15 is 0 Å². The van der Waals surface area contributed by atoms with Crippen LogP contribution < -0.4 is 24.8 Å². The second-order valence-electron chi connectivity index (χ2n) is 7.73. The summed E-state index contributed by atoms with van der Waals surface area (Å²) in [6, 6.07) is 22.1. The molecule has 0 radical (unpaired) electrons. The van der Waals surface area contributed by atoms with Crippen LogP contribution in [0.25, 0.3) is 11.1 Å². The molecule has 2 aromatic carbocycles. The minimum absolute atomic E-state index is 0. The maximum Gasteiger partial charge on any atom is -1.00 e. The van der Waals surface area contributed by atoms with Crippen LogP contribution >= 0.6 is 0 Å². The Bertz CT molecular complexity index is 926. The van der Waals surface area contributed by atoms with E-state index in [1.165, 1.54) is 11.1 Å². The van der Waals surface area contributed by atoms with Crippen molar-refractivity contribution in [3.05, 3.63) is 101 Å². The van der Waals surface area contributed by atoms with Crippen LogP contribution in [-0.4, -0.2) is 0 Å². The number of hydrogen-bond acceptors (Lipinski definition) is 0. The first-order chi connectivity index (χ1) is 13.1. The van der Waals surface area contributed by atoms with Gasteiger partial charge in [0.25, 0.3) is 0 Å². The largest absolute Gasteiger partial charge is 1.00 e. The molecule has 29 heavy (non-hydrogen) atoms. The Morgan fingerprint density at radius 1 is 0.552 bits per heavy atom. The van der Waals surface area contributed by atoms with Crippen LogP contribution in [0.1, 0.15) is 51.7 Å². The minimum atomic E-state index is -0.886. The third-order valence-electron chi connectivity index (χ3n) is 6.01. The molecule has 0 bridgehead atoms. The van der Waals surface area contributed by atoms with Gasteiger partial charge in [-0.2, -0.15) is 0 Å². The zero-order chi connectivity index (χ0) is 19.0. The molecule has 0 fully saturated rings. The molecule has 2 aromatic rings. The second-order valence-corrected chi connectivity index (χ2v) is 10.8. The molecule has 0 atom stereocenters. The van der Waals surface area contributed by atoms with E-state index in [9.17, 15) is 0 Å². The van der Waals surface area contributed by atoms with E-state index in [-0.39, 0.29) is 24.8 Å². The molecular formula is C26H26Cl2Zr. The van der Waals surface area contributed by atoms with Gasteiger partial charge in [0.05, 0.1) is 0 Å². The Kier molecular flexibility index (Phi) is 8.53. The summed E-state index contributed by atoms with van der Waals surface area (Å²) >= 11 is -0.886. The van der Waals surface area contributed by atoms with Gasteiger partial charge in [-0.1, -0.05) is 0 Å². The summed E-state index contributed by atoms with van der Waals surface area (Å²) in [5, 5.41) is 0.